The Balaban J connectivity index is 1.67. The normalized spacial score (nSPS) is 20.4. The van der Waals surface area contributed by atoms with Crippen molar-refractivity contribution in [3.63, 3.8) is 0 Å². The minimum atomic E-state index is -0.438. The van der Waals surface area contributed by atoms with E-state index in [9.17, 15) is 14.0 Å². The fraction of sp³-hybridized carbons (Fsp3) is 0.294. The first-order valence-corrected chi connectivity index (χ1v) is 7.39. The summed E-state index contributed by atoms with van der Waals surface area (Å²) in [6, 6.07) is 6.04. The molecular weight excluding hydrogens is 283 g/mol. The standard InChI is InChI=1S/C17H17FN2O2/c18-12-5-3-4-11(8-12)9-20-17(22)14-10-19-15-7-2-1-6-13(15)16(14)21/h3-6,8,10,15,19H,1-2,7,9H2,(H,20,22). The Morgan fingerprint density at radius 2 is 2.27 bits per heavy atom. The van der Waals surface area contributed by atoms with Crippen LogP contribution in [-0.4, -0.2) is 17.7 Å². The van der Waals surface area contributed by atoms with Crippen molar-refractivity contribution in [2.75, 3.05) is 0 Å². The molecule has 0 radical (unpaired) electrons. The lowest BCUT2D eigenvalue weighted by molar-refractivity contribution is -0.121. The first kappa shape index (κ1) is 14.5. The molecule has 1 heterocycles. The maximum atomic E-state index is 13.1. The summed E-state index contributed by atoms with van der Waals surface area (Å²) in [5.41, 5.74) is 1.45. The topological polar surface area (TPSA) is 58.2 Å². The molecule has 1 aromatic rings. The van der Waals surface area contributed by atoms with Crippen LogP contribution in [0.2, 0.25) is 0 Å². The van der Waals surface area contributed by atoms with Gasteiger partial charge in [0.2, 0.25) is 0 Å². The third-order valence-corrected chi connectivity index (χ3v) is 3.96. The van der Waals surface area contributed by atoms with Gasteiger partial charge in [-0.1, -0.05) is 18.2 Å². The zero-order valence-corrected chi connectivity index (χ0v) is 12.1. The van der Waals surface area contributed by atoms with Gasteiger partial charge in [-0.05, 0) is 37.0 Å². The van der Waals surface area contributed by atoms with E-state index in [2.05, 4.69) is 10.6 Å². The first-order valence-electron chi connectivity index (χ1n) is 7.39. The van der Waals surface area contributed by atoms with E-state index in [0.717, 1.165) is 19.3 Å². The molecule has 1 amide bonds. The van der Waals surface area contributed by atoms with Crippen LogP contribution in [0.4, 0.5) is 4.39 Å². The highest BCUT2D eigenvalue weighted by atomic mass is 19.1. The van der Waals surface area contributed by atoms with Crippen LogP contribution in [-0.2, 0) is 16.1 Å². The summed E-state index contributed by atoms with van der Waals surface area (Å²) in [6.45, 7) is 0.184. The van der Waals surface area contributed by atoms with Crippen molar-refractivity contribution in [3.05, 3.63) is 59.1 Å². The van der Waals surface area contributed by atoms with Crippen LogP contribution < -0.4 is 10.6 Å². The minimum Gasteiger partial charge on any atom is -0.383 e. The van der Waals surface area contributed by atoms with Crippen molar-refractivity contribution in [3.8, 4) is 0 Å². The smallest absolute Gasteiger partial charge is 0.257 e. The molecule has 22 heavy (non-hydrogen) atoms. The van der Waals surface area contributed by atoms with E-state index in [1.807, 2.05) is 6.08 Å². The lowest BCUT2D eigenvalue weighted by Crippen LogP contribution is -2.41. The molecule has 2 N–H and O–H groups in total. The molecule has 0 bridgehead atoms. The second kappa shape index (κ2) is 6.13. The Labute approximate surface area is 128 Å². The average molecular weight is 300 g/mol. The summed E-state index contributed by atoms with van der Waals surface area (Å²) < 4.78 is 13.1. The van der Waals surface area contributed by atoms with Gasteiger partial charge in [0.15, 0.2) is 5.78 Å². The lowest BCUT2D eigenvalue weighted by Gasteiger charge is -2.28. The van der Waals surface area contributed by atoms with Crippen molar-refractivity contribution in [1.29, 1.82) is 0 Å². The van der Waals surface area contributed by atoms with E-state index in [0.29, 0.717) is 11.1 Å². The van der Waals surface area contributed by atoms with E-state index >= 15 is 0 Å². The van der Waals surface area contributed by atoms with Gasteiger partial charge in [0, 0.05) is 18.3 Å². The molecule has 1 aliphatic carbocycles. The Kier molecular flexibility index (Phi) is 4.04. The Morgan fingerprint density at radius 3 is 3.09 bits per heavy atom. The molecule has 3 rings (SSSR count). The molecule has 114 valence electrons. The maximum absolute atomic E-state index is 13.1. The largest absolute Gasteiger partial charge is 0.383 e. The number of carbonyl (C=O) groups excluding carboxylic acids is 2. The molecule has 0 aromatic heterocycles. The second-order valence-electron chi connectivity index (χ2n) is 5.51. The maximum Gasteiger partial charge on any atom is 0.257 e. The summed E-state index contributed by atoms with van der Waals surface area (Å²) in [5, 5.41) is 5.78. The van der Waals surface area contributed by atoms with Gasteiger partial charge in [0.25, 0.3) is 5.91 Å². The van der Waals surface area contributed by atoms with Gasteiger partial charge in [-0.25, -0.2) is 4.39 Å². The van der Waals surface area contributed by atoms with E-state index in [-0.39, 0.29) is 29.8 Å². The number of amides is 1. The molecule has 0 spiro atoms. The number of hydrogen-bond acceptors (Lipinski definition) is 3. The zero-order chi connectivity index (χ0) is 15.5. The van der Waals surface area contributed by atoms with Gasteiger partial charge in [0.05, 0.1) is 6.04 Å². The number of nitrogens with one attached hydrogen (secondary N) is 2. The Hall–Kier alpha value is -2.43. The quantitative estimate of drug-likeness (QED) is 0.839. The number of allylic oxidation sites excluding steroid dienone is 1. The van der Waals surface area contributed by atoms with Crippen molar-refractivity contribution in [2.45, 2.75) is 31.8 Å². The van der Waals surface area contributed by atoms with Crippen LogP contribution in [0.1, 0.15) is 24.8 Å². The highest BCUT2D eigenvalue weighted by molar-refractivity contribution is 6.26. The number of rotatable bonds is 3. The van der Waals surface area contributed by atoms with Gasteiger partial charge in [0.1, 0.15) is 11.4 Å². The average Bonchev–Trinajstić information content (AvgIpc) is 2.53. The molecule has 1 aliphatic heterocycles. The molecule has 1 unspecified atom stereocenters. The molecule has 1 atom stereocenters. The molecule has 2 aliphatic rings. The summed E-state index contributed by atoms with van der Waals surface area (Å²) in [4.78, 5) is 24.5. The van der Waals surface area contributed by atoms with Crippen molar-refractivity contribution < 1.29 is 14.0 Å². The number of benzene rings is 1. The summed E-state index contributed by atoms with van der Waals surface area (Å²) >= 11 is 0. The van der Waals surface area contributed by atoms with Gasteiger partial charge < -0.3 is 10.6 Å². The van der Waals surface area contributed by atoms with Crippen LogP contribution in [0.5, 0.6) is 0 Å². The first-order chi connectivity index (χ1) is 10.6. The lowest BCUT2D eigenvalue weighted by atomic mass is 9.86. The molecule has 0 saturated carbocycles. The van der Waals surface area contributed by atoms with Crippen LogP contribution >= 0.6 is 0 Å². The van der Waals surface area contributed by atoms with E-state index in [1.54, 1.807) is 12.1 Å². The molecule has 0 fully saturated rings. The predicted molar refractivity (Wildman–Crippen MR) is 80.2 cm³/mol. The summed E-state index contributed by atoms with van der Waals surface area (Å²) in [6.07, 6.45) is 6.24. The molecule has 4 nitrogen and oxygen atoms in total. The van der Waals surface area contributed by atoms with Crippen LogP contribution in [0.3, 0.4) is 0 Å². The van der Waals surface area contributed by atoms with Crippen molar-refractivity contribution in [1.82, 2.24) is 10.6 Å². The number of carbonyl (C=O) groups is 2. The van der Waals surface area contributed by atoms with Gasteiger partial charge in [-0.3, -0.25) is 9.59 Å². The van der Waals surface area contributed by atoms with E-state index in [1.165, 1.54) is 18.3 Å². The highest BCUT2D eigenvalue weighted by Crippen LogP contribution is 2.24. The van der Waals surface area contributed by atoms with Crippen LogP contribution in [0.25, 0.3) is 0 Å². The molecule has 0 saturated heterocycles. The van der Waals surface area contributed by atoms with Crippen LogP contribution in [0, 0.1) is 5.82 Å². The van der Waals surface area contributed by atoms with E-state index < -0.39 is 5.91 Å². The van der Waals surface area contributed by atoms with Crippen LogP contribution in [0.15, 0.2) is 47.7 Å². The fourth-order valence-corrected chi connectivity index (χ4v) is 2.80. The third kappa shape index (κ3) is 2.93. The summed E-state index contributed by atoms with van der Waals surface area (Å²) in [7, 11) is 0. The monoisotopic (exact) mass is 300 g/mol. The number of halogens is 1. The van der Waals surface area contributed by atoms with E-state index in [4.69, 9.17) is 0 Å². The second-order valence-corrected chi connectivity index (χ2v) is 5.51. The van der Waals surface area contributed by atoms with Gasteiger partial charge >= 0.3 is 0 Å². The Morgan fingerprint density at radius 1 is 1.41 bits per heavy atom. The number of ketones is 1. The van der Waals surface area contributed by atoms with Gasteiger partial charge in [-0.2, -0.15) is 0 Å². The molecular formula is C17H17FN2O2. The number of fused-ring (bicyclic) bond motifs is 1. The number of Topliss-reactive ketones (excluding diaryl/α,β-unsaturated/α-hetero) is 1. The van der Waals surface area contributed by atoms with Gasteiger partial charge in [-0.15, -0.1) is 0 Å². The van der Waals surface area contributed by atoms with Crippen molar-refractivity contribution in [2.24, 2.45) is 0 Å². The molecule has 5 heteroatoms. The third-order valence-electron chi connectivity index (χ3n) is 3.96. The number of hydrogen-bond donors (Lipinski definition) is 2. The Bertz CT molecular complexity index is 679. The SMILES string of the molecule is O=C(NCc1cccc(F)c1)C1=CNC2CCCC=C2C1=O. The summed E-state index contributed by atoms with van der Waals surface area (Å²) in [5.74, 6) is -0.997. The highest BCUT2D eigenvalue weighted by Gasteiger charge is 2.31. The van der Waals surface area contributed by atoms with Crippen molar-refractivity contribution >= 4 is 11.7 Å². The molecule has 1 aromatic carbocycles. The minimum absolute atomic E-state index is 0.0287. The predicted octanol–water partition coefficient (Wildman–Crippen LogP) is 1.98. The fourth-order valence-electron chi connectivity index (χ4n) is 2.80. The zero-order valence-electron chi connectivity index (χ0n) is 12.1.